The number of Topliss-reactive ketones (excluding diaryl/α,β-unsaturated/α-hetero) is 1. The summed E-state index contributed by atoms with van der Waals surface area (Å²) >= 11 is 0. The predicted octanol–water partition coefficient (Wildman–Crippen LogP) is 2.55. The number of halogens is 1. The van der Waals surface area contributed by atoms with Gasteiger partial charge in [0.25, 0.3) is 0 Å². The van der Waals surface area contributed by atoms with Crippen molar-refractivity contribution in [2.75, 3.05) is 6.61 Å². The number of alkyl halides is 1. The number of rotatable bonds is 0. The standard InChI is InChI=1S/C14H15FO2/c15-11-5-12(16)7-14(6-11)9-17-8-10-3-1-2-4-13(10)14/h1-4,11H,5-9H2. The van der Waals surface area contributed by atoms with Crippen LogP contribution in [0.15, 0.2) is 24.3 Å². The van der Waals surface area contributed by atoms with E-state index in [0.29, 0.717) is 26.1 Å². The molecule has 1 aromatic carbocycles. The largest absolute Gasteiger partial charge is 0.376 e. The first-order valence-electron chi connectivity index (χ1n) is 6.01. The SMILES string of the molecule is O=C1CC(F)CC2(COCc3ccccc32)C1. The molecule has 0 bridgehead atoms. The molecule has 0 amide bonds. The maximum Gasteiger partial charge on any atom is 0.136 e. The molecule has 1 heterocycles. The highest BCUT2D eigenvalue weighted by molar-refractivity contribution is 5.81. The maximum absolute atomic E-state index is 13.7. The first kappa shape index (κ1) is 10.9. The molecule has 1 spiro atoms. The van der Waals surface area contributed by atoms with Gasteiger partial charge in [0.2, 0.25) is 0 Å². The third kappa shape index (κ3) is 1.78. The van der Waals surface area contributed by atoms with Gasteiger partial charge in [-0.1, -0.05) is 24.3 Å². The van der Waals surface area contributed by atoms with E-state index in [9.17, 15) is 9.18 Å². The average molecular weight is 234 g/mol. The quantitative estimate of drug-likeness (QED) is 0.689. The molecule has 2 nitrogen and oxygen atoms in total. The van der Waals surface area contributed by atoms with Crippen molar-refractivity contribution >= 4 is 5.78 Å². The Labute approximate surface area is 99.8 Å². The van der Waals surface area contributed by atoms with Gasteiger partial charge in [-0.25, -0.2) is 4.39 Å². The predicted molar refractivity (Wildman–Crippen MR) is 61.5 cm³/mol. The molecule has 0 aromatic heterocycles. The Morgan fingerprint density at radius 2 is 2.18 bits per heavy atom. The monoisotopic (exact) mass is 234 g/mol. The molecule has 1 aliphatic heterocycles. The summed E-state index contributed by atoms with van der Waals surface area (Å²) in [5, 5.41) is 0. The van der Waals surface area contributed by atoms with Crippen molar-refractivity contribution in [3.63, 3.8) is 0 Å². The molecule has 3 rings (SSSR count). The number of benzene rings is 1. The second-order valence-electron chi connectivity index (χ2n) is 5.15. The minimum Gasteiger partial charge on any atom is -0.376 e. The summed E-state index contributed by atoms with van der Waals surface area (Å²) in [5.74, 6) is 0.0176. The van der Waals surface area contributed by atoms with Gasteiger partial charge in [-0.2, -0.15) is 0 Å². The van der Waals surface area contributed by atoms with E-state index in [1.165, 1.54) is 0 Å². The summed E-state index contributed by atoms with van der Waals surface area (Å²) < 4.78 is 19.2. The number of hydrogen-bond acceptors (Lipinski definition) is 2. The highest BCUT2D eigenvalue weighted by atomic mass is 19.1. The van der Waals surface area contributed by atoms with E-state index in [1.807, 2.05) is 24.3 Å². The van der Waals surface area contributed by atoms with Crippen molar-refractivity contribution in [3.05, 3.63) is 35.4 Å². The lowest BCUT2D eigenvalue weighted by atomic mass is 9.67. The van der Waals surface area contributed by atoms with E-state index in [0.717, 1.165) is 11.1 Å². The number of fused-ring (bicyclic) bond motifs is 2. The second kappa shape index (κ2) is 3.91. The fourth-order valence-corrected chi connectivity index (χ4v) is 3.18. The normalized spacial score (nSPS) is 32.5. The van der Waals surface area contributed by atoms with Crippen molar-refractivity contribution in [2.24, 2.45) is 0 Å². The zero-order valence-electron chi connectivity index (χ0n) is 9.62. The van der Waals surface area contributed by atoms with E-state index < -0.39 is 11.6 Å². The van der Waals surface area contributed by atoms with E-state index in [2.05, 4.69) is 0 Å². The van der Waals surface area contributed by atoms with Gasteiger partial charge in [0.15, 0.2) is 0 Å². The third-order valence-electron chi connectivity index (χ3n) is 3.82. The maximum atomic E-state index is 13.7. The molecular weight excluding hydrogens is 219 g/mol. The lowest BCUT2D eigenvalue weighted by molar-refractivity contribution is -0.126. The lowest BCUT2D eigenvalue weighted by Crippen LogP contribution is -2.44. The van der Waals surface area contributed by atoms with Crippen LogP contribution in [0.25, 0.3) is 0 Å². The highest BCUT2D eigenvalue weighted by Gasteiger charge is 2.44. The van der Waals surface area contributed by atoms with Crippen LogP contribution in [0.4, 0.5) is 4.39 Å². The molecule has 0 N–H and O–H groups in total. The van der Waals surface area contributed by atoms with Crippen LogP contribution in [0.5, 0.6) is 0 Å². The summed E-state index contributed by atoms with van der Waals surface area (Å²) in [4.78, 5) is 11.7. The topological polar surface area (TPSA) is 26.3 Å². The summed E-state index contributed by atoms with van der Waals surface area (Å²) in [5.41, 5.74) is 1.80. The Balaban J connectivity index is 2.06. The number of ketones is 1. The molecule has 0 saturated heterocycles. The van der Waals surface area contributed by atoms with Crippen LogP contribution >= 0.6 is 0 Å². The lowest BCUT2D eigenvalue weighted by Gasteiger charge is -2.42. The van der Waals surface area contributed by atoms with Gasteiger partial charge in [0.05, 0.1) is 13.2 Å². The van der Waals surface area contributed by atoms with Crippen molar-refractivity contribution in [1.29, 1.82) is 0 Å². The average Bonchev–Trinajstić information content (AvgIpc) is 2.28. The summed E-state index contributed by atoms with van der Waals surface area (Å²) in [6.07, 6.45) is -0.115. The second-order valence-corrected chi connectivity index (χ2v) is 5.15. The van der Waals surface area contributed by atoms with Crippen LogP contribution in [0, 0.1) is 0 Å². The van der Waals surface area contributed by atoms with Crippen molar-refractivity contribution in [3.8, 4) is 0 Å². The van der Waals surface area contributed by atoms with Gasteiger partial charge >= 0.3 is 0 Å². The first-order chi connectivity index (χ1) is 8.20. The molecule has 1 fully saturated rings. The number of carbonyl (C=O) groups is 1. The third-order valence-corrected chi connectivity index (χ3v) is 3.82. The van der Waals surface area contributed by atoms with E-state index >= 15 is 0 Å². The summed E-state index contributed by atoms with van der Waals surface area (Å²) in [7, 11) is 0. The fourth-order valence-electron chi connectivity index (χ4n) is 3.18. The molecule has 2 atom stereocenters. The summed E-state index contributed by atoms with van der Waals surface area (Å²) in [6.45, 7) is 1.04. The van der Waals surface area contributed by atoms with Crippen LogP contribution in [-0.2, 0) is 21.6 Å². The molecule has 0 radical (unpaired) electrons. The molecule has 3 heteroatoms. The van der Waals surface area contributed by atoms with Crippen LogP contribution in [0.3, 0.4) is 0 Å². The molecular formula is C14H15FO2. The van der Waals surface area contributed by atoms with Gasteiger partial charge in [0, 0.05) is 18.3 Å². The molecule has 90 valence electrons. The molecule has 1 aromatic rings. The van der Waals surface area contributed by atoms with Crippen LogP contribution in [0.1, 0.15) is 30.4 Å². The van der Waals surface area contributed by atoms with Gasteiger partial charge < -0.3 is 4.74 Å². The van der Waals surface area contributed by atoms with Gasteiger partial charge in [-0.3, -0.25) is 4.79 Å². The zero-order chi connectivity index (χ0) is 11.9. The zero-order valence-corrected chi connectivity index (χ0v) is 9.62. The Hall–Kier alpha value is -1.22. The Bertz CT molecular complexity index is 457. The molecule has 2 unspecified atom stereocenters. The van der Waals surface area contributed by atoms with Crippen molar-refractivity contribution in [1.82, 2.24) is 0 Å². The van der Waals surface area contributed by atoms with Crippen molar-refractivity contribution in [2.45, 2.75) is 37.5 Å². The van der Waals surface area contributed by atoms with E-state index in [1.54, 1.807) is 0 Å². The first-order valence-corrected chi connectivity index (χ1v) is 6.01. The van der Waals surface area contributed by atoms with Crippen LogP contribution < -0.4 is 0 Å². The van der Waals surface area contributed by atoms with E-state index in [-0.39, 0.29) is 12.2 Å². The Kier molecular flexibility index (Phi) is 2.51. The Morgan fingerprint density at radius 3 is 3.00 bits per heavy atom. The Morgan fingerprint density at radius 1 is 1.35 bits per heavy atom. The number of ether oxygens (including phenoxy) is 1. The fraction of sp³-hybridized carbons (Fsp3) is 0.500. The minimum absolute atomic E-state index is 0.0176. The van der Waals surface area contributed by atoms with E-state index in [4.69, 9.17) is 4.74 Å². The van der Waals surface area contributed by atoms with Gasteiger partial charge in [0.1, 0.15) is 12.0 Å². The summed E-state index contributed by atoms with van der Waals surface area (Å²) in [6, 6.07) is 7.93. The highest BCUT2D eigenvalue weighted by Crippen LogP contribution is 2.43. The molecule has 2 aliphatic rings. The van der Waals surface area contributed by atoms with Crippen molar-refractivity contribution < 1.29 is 13.9 Å². The minimum atomic E-state index is -1.02. The molecule has 17 heavy (non-hydrogen) atoms. The van der Waals surface area contributed by atoms with Crippen LogP contribution in [0.2, 0.25) is 0 Å². The van der Waals surface area contributed by atoms with Gasteiger partial charge in [-0.05, 0) is 17.5 Å². The number of carbonyl (C=O) groups excluding carboxylic acids is 1. The van der Waals surface area contributed by atoms with Gasteiger partial charge in [-0.15, -0.1) is 0 Å². The molecule has 1 aliphatic carbocycles. The smallest absolute Gasteiger partial charge is 0.136 e. The molecule has 1 saturated carbocycles. The number of hydrogen-bond donors (Lipinski definition) is 0. The van der Waals surface area contributed by atoms with Crippen LogP contribution in [-0.4, -0.2) is 18.6 Å².